The number of carbonyl (C=O) groups is 1. The van der Waals surface area contributed by atoms with E-state index in [0.717, 1.165) is 22.2 Å². The SMILES string of the molecule is O=C(Cn1nnc2ccccc21)N(Cc1cccc(Cl)c1)c1ccc(-c2n[nH]c(=O)[nH]2)cc1. The molecule has 2 N–H and O–H groups in total. The van der Waals surface area contributed by atoms with Gasteiger partial charge < -0.3 is 4.90 Å². The van der Waals surface area contributed by atoms with Crippen molar-refractivity contribution in [2.45, 2.75) is 13.1 Å². The lowest BCUT2D eigenvalue weighted by Gasteiger charge is -2.23. The molecule has 0 aliphatic carbocycles. The van der Waals surface area contributed by atoms with E-state index in [1.807, 2.05) is 54.6 Å². The molecule has 5 rings (SSSR count). The minimum atomic E-state index is -0.383. The smallest absolute Gasteiger partial charge is 0.306 e. The Hall–Kier alpha value is -4.24. The van der Waals surface area contributed by atoms with Crippen LogP contribution in [0.3, 0.4) is 0 Å². The lowest BCUT2D eigenvalue weighted by molar-refractivity contribution is -0.119. The van der Waals surface area contributed by atoms with E-state index < -0.39 is 0 Å². The van der Waals surface area contributed by atoms with Crippen LogP contribution in [-0.4, -0.2) is 36.1 Å². The molecule has 9 nitrogen and oxygen atoms in total. The zero-order valence-electron chi connectivity index (χ0n) is 17.3. The molecule has 3 aromatic carbocycles. The molecule has 0 saturated carbocycles. The molecule has 10 heteroatoms. The minimum absolute atomic E-state index is 0.0233. The molecule has 164 valence electrons. The second-order valence-corrected chi connectivity index (χ2v) is 7.86. The number of nitrogens with zero attached hydrogens (tertiary/aromatic N) is 5. The number of benzene rings is 3. The third-order valence-electron chi connectivity index (χ3n) is 5.19. The van der Waals surface area contributed by atoms with Crippen LogP contribution in [0.25, 0.3) is 22.4 Å². The average molecular weight is 460 g/mol. The van der Waals surface area contributed by atoms with Crippen LogP contribution >= 0.6 is 11.6 Å². The summed E-state index contributed by atoms with van der Waals surface area (Å²) < 4.78 is 1.59. The molecule has 2 heterocycles. The Labute approximate surface area is 192 Å². The second kappa shape index (κ2) is 8.71. The second-order valence-electron chi connectivity index (χ2n) is 7.42. The van der Waals surface area contributed by atoms with Crippen molar-refractivity contribution >= 4 is 34.2 Å². The molecular weight excluding hydrogens is 442 g/mol. The van der Waals surface area contributed by atoms with Crippen molar-refractivity contribution in [1.29, 1.82) is 0 Å². The molecule has 5 aromatic rings. The summed E-state index contributed by atoms with van der Waals surface area (Å²) in [5.41, 5.74) is 3.42. The number of aromatic nitrogens is 6. The fraction of sp³-hybridized carbons (Fsp3) is 0.0870. The van der Waals surface area contributed by atoms with E-state index in [9.17, 15) is 9.59 Å². The molecule has 0 unspecified atom stereocenters. The van der Waals surface area contributed by atoms with Gasteiger partial charge in [0.25, 0.3) is 0 Å². The number of nitrogens with one attached hydrogen (secondary N) is 2. The maximum absolute atomic E-state index is 13.4. The third-order valence-corrected chi connectivity index (χ3v) is 5.42. The Balaban J connectivity index is 1.47. The quantitative estimate of drug-likeness (QED) is 0.404. The van der Waals surface area contributed by atoms with E-state index in [2.05, 4.69) is 25.5 Å². The summed E-state index contributed by atoms with van der Waals surface area (Å²) in [5.74, 6) is 0.264. The topological polar surface area (TPSA) is 113 Å². The first-order chi connectivity index (χ1) is 16.1. The predicted octanol–water partition coefficient (Wildman–Crippen LogP) is 3.40. The highest BCUT2D eigenvalue weighted by molar-refractivity contribution is 6.30. The number of fused-ring (bicyclic) bond motifs is 1. The van der Waals surface area contributed by atoms with E-state index in [1.54, 1.807) is 27.8 Å². The maximum atomic E-state index is 13.4. The van der Waals surface area contributed by atoms with Crippen molar-refractivity contribution in [2.75, 3.05) is 4.90 Å². The normalized spacial score (nSPS) is 11.1. The lowest BCUT2D eigenvalue weighted by atomic mass is 10.1. The first kappa shape index (κ1) is 20.7. The number of para-hydroxylation sites is 1. The number of anilines is 1. The van der Waals surface area contributed by atoms with Gasteiger partial charge in [0.1, 0.15) is 12.1 Å². The van der Waals surface area contributed by atoms with E-state index in [-0.39, 0.29) is 18.1 Å². The molecule has 0 fully saturated rings. The highest BCUT2D eigenvalue weighted by atomic mass is 35.5. The zero-order chi connectivity index (χ0) is 22.8. The van der Waals surface area contributed by atoms with E-state index in [1.165, 1.54) is 0 Å². The van der Waals surface area contributed by atoms with Gasteiger partial charge in [0.05, 0.1) is 12.1 Å². The molecule has 0 atom stereocenters. The molecule has 0 saturated heterocycles. The van der Waals surface area contributed by atoms with Crippen LogP contribution in [0.4, 0.5) is 5.69 Å². The molecule has 0 aliphatic heterocycles. The molecule has 0 bridgehead atoms. The van der Waals surface area contributed by atoms with Crippen LogP contribution in [-0.2, 0) is 17.9 Å². The fourth-order valence-corrected chi connectivity index (χ4v) is 3.81. The summed E-state index contributed by atoms with van der Waals surface area (Å²) in [7, 11) is 0. The van der Waals surface area contributed by atoms with Gasteiger partial charge in [0.15, 0.2) is 5.82 Å². The number of halogens is 1. The molecule has 2 aromatic heterocycles. The average Bonchev–Trinajstić information content (AvgIpc) is 3.44. The Kier molecular flexibility index (Phi) is 5.45. The number of hydrogen-bond acceptors (Lipinski definition) is 5. The summed E-state index contributed by atoms with van der Waals surface area (Å²) in [5, 5.41) is 15.2. The van der Waals surface area contributed by atoms with E-state index >= 15 is 0 Å². The van der Waals surface area contributed by atoms with Crippen molar-refractivity contribution in [3.8, 4) is 11.4 Å². The molecule has 0 aliphatic rings. The van der Waals surface area contributed by atoms with E-state index in [4.69, 9.17) is 11.6 Å². The van der Waals surface area contributed by atoms with Crippen molar-refractivity contribution in [3.05, 3.63) is 93.9 Å². The third kappa shape index (κ3) is 4.39. The highest BCUT2D eigenvalue weighted by Crippen LogP contribution is 2.23. The Morgan fingerprint density at radius 3 is 2.61 bits per heavy atom. The fourth-order valence-electron chi connectivity index (χ4n) is 3.60. The number of aromatic amines is 2. The summed E-state index contributed by atoms with van der Waals surface area (Å²) in [6.07, 6.45) is 0. The summed E-state index contributed by atoms with van der Waals surface area (Å²) in [4.78, 5) is 29.1. The standard InChI is InChI=1S/C23H18ClN7O2/c24-17-5-3-4-15(12-17)13-30(18-10-8-16(9-11-18)22-25-23(33)28-27-22)21(32)14-31-20-7-2-1-6-19(20)26-29-31/h1-12H,13-14H2,(H2,25,27,28,33). The van der Waals surface area contributed by atoms with E-state index in [0.29, 0.717) is 23.1 Å². The largest absolute Gasteiger partial charge is 0.340 e. The van der Waals surface area contributed by atoms with Crippen molar-refractivity contribution in [3.63, 3.8) is 0 Å². The predicted molar refractivity (Wildman–Crippen MR) is 125 cm³/mol. The summed E-state index contributed by atoms with van der Waals surface area (Å²) in [6.45, 7) is 0.347. The molecule has 33 heavy (non-hydrogen) atoms. The van der Waals surface area contributed by atoms with Crippen LogP contribution in [0.1, 0.15) is 5.56 Å². The minimum Gasteiger partial charge on any atom is -0.306 e. The van der Waals surface area contributed by atoms with Gasteiger partial charge in [-0.15, -0.1) is 5.10 Å². The Morgan fingerprint density at radius 2 is 1.85 bits per heavy atom. The van der Waals surface area contributed by atoms with Gasteiger partial charge in [0, 0.05) is 16.3 Å². The van der Waals surface area contributed by atoms with Gasteiger partial charge in [-0.25, -0.2) is 14.6 Å². The van der Waals surface area contributed by atoms with Gasteiger partial charge in [-0.3, -0.25) is 9.78 Å². The van der Waals surface area contributed by atoms with Crippen molar-refractivity contribution in [2.24, 2.45) is 0 Å². The zero-order valence-corrected chi connectivity index (χ0v) is 18.0. The maximum Gasteiger partial charge on any atom is 0.340 e. The number of rotatable bonds is 6. The Morgan fingerprint density at radius 1 is 1.03 bits per heavy atom. The number of H-pyrrole nitrogens is 2. The highest BCUT2D eigenvalue weighted by Gasteiger charge is 2.19. The van der Waals surface area contributed by atoms with Gasteiger partial charge in [-0.05, 0) is 54.1 Å². The van der Waals surface area contributed by atoms with Crippen LogP contribution in [0, 0.1) is 0 Å². The van der Waals surface area contributed by atoms with Crippen LogP contribution < -0.4 is 10.6 Å². The summed E-state index contributed by atoms with van der Waals surface area (Å²) >= 11 is 6.16. The van der Waals surface area contributed by atoms with Gasteiger partial charge in [-0.1, -0.05) is 41.1 Å². The first-order valence-electron chi connectivity index (χ1n) is 10.1. The van der Waals surface area contributed by atoms with Gasteiger partial charge in [0.2, 0.25) is 5.91 Å². The van der Waals surface area contributed by atoms with Gasteiger partial charge in [-0.2, -0.15) is 5.10 Å². The Bertz CT molecular complexity index is 1490. The lowest BCUT2D eigenvalue weighted by Crippen LogP contribution is -2.33. The number of carbonyl (C=O) groups excluding carboxylic acids is 1. The molecule has 1 amide bonds. The first-order valence-corrected chi connectivity index (χ1v) is 10.5. The van der Waals surface area contributed by atoms with Crippen LogP contribution in [0.2, 0.25) is 5.02 Å². The van der Waals surface area contributed by atoms with Gasteiger partial charge >= 0.3 is 5.69 Å². The molecule has 0 radical (unpaired) electrons. The molecule has 0 spiro atoms. The number of amides is 1. The van der Waals surface area contributed by atoms with Crippen molar-refractivity contribution < 1.29 is 4.79 Å². The van der Waals surface area contributed by atoms with Crippen LogP contribution in [0.5, 0.6) is 0 Å². The van der Waals surface area contributed by atoms with Crippen LogP contribution in [0.15, 0.2) is 77.6 Å². The van der Waals surface area contributed by atoms with Crippen molar-refractivity contribution in [1.82, 2.24) is 30.2 Å². The molecular formula is C23H18ClN7O2. The monoisotopic (exact) mass is 459 g/mol. The summed E-state index contributed by atoms with van der Waals surface area (Å²) in [6, 6.07) is 22.1. The number of hydrogen-bond donors (Lipinski definition) is 2.